The Morgan fingerprint density at radius 2 is 1.90 bits per heavy atom. The van der Waals surface area contributed by atoms with Gasteiger partial charge in [0.25, 0.3) is 5.56 Å². The first-order valence-corrected chi connectivity index (χ1v) is 10.3. The van der Waals surface area contributed by atoms with Crippen LogP contribution in [0.2, 0.25) is 0 Å². The Morgan fingerprint density at radius 3 is 2.55 bits per heavy atom. The van der Waals surface area contributed by atoms with Gasteiger partial charge in [0.1, 0.15) is 5.82 Å². The van der Waals surface area contributed by atoms with E-state index in [0.717, 1.165) is 23.9 Å². The van der Waals surface area contributed by atoms with Crippen LogP contribution in [0.1, 0.15) is 49.1 Å². The lowest BCUT2D eigenvalue weighted by Gasteiger charge is -2.36. The van der Waals surface area contributed by atoms with E-state index in [4.69, 9.17) is 4.74 Å². The van der Waals surface area contributed by atoms with E-state index in [2.05, 4.69) is 10.4 Å². The summed E-state index contributed by atoms with van der Waals surface area (Å²) in [4.78, 5) is 25.1. The van der Waals surface area contributed by atoms with Crippen LogP contribution in [0.15, 0.2) is 16.9 Å². The maximum absolute atomic E-state index is 13.8. The van der Waals surface area contributed by atoms with E-state index in [1.807, 2.05) is 13.8 Å². The van der Waals surface area contributed by atoms with Crippen LogP contribution in [0.5, 0.6) is 0 Å². The molecule has 2 aliphatic heterocycles. The van der Waals surface area contributed by atoms with Gasteiger partial charge in [-0.15, -0.1) is 11.8 Å². The zero-order chi connectivity index (χ0) is 20.9. The summed E-state index contributed by atoms with van der Waals surface area (Å²) in [5.74, 6) is -4.32. The van der Waals surface area contributed by atoms with E-state index >= 15 is 0 Å². The number of halogens is 3. The molecule has 1 amide bonds. The molecule has 0 aliphatic carbocycles. The summed E-state index contributed by atoms with van der Waals surface area (Å²) in [7, 11) is 0. The van der Waals surface area contributed by atoms with Crippen molar-refractivity contribution in [1.29, 1.82) is 0 Å². The lowest BCUT2D eigenvalue weighted by molar-refractivity contribution is -0.113. The highest BCUT2D eigenvalue weighted by atomic mass is 32.2. The fraction of sp³-hybridized carbons (Fsp3) is 0.474. The lowest BCUT2D eigenvalue weighted by Crippen LogP contribution is -2.36. The third kappa shape index (κ3) is 3.71. The van der Waals surface area contributed by atoms with E-state index in [9.17, 15) is 22.8 Å². The SMILES string of the molecule is CC1(C)C[C@@H](n2[nH]c(=O)c3c2NC(=O)CS[C@H]3c2cc(F)c(F)c(F)c2)CCO1. The van der Waals surface area contributed by atoms with Crippen molar-refractivity contribution in [3.63, 3.8) is 0 Å². The first-order chi connectivity index (χ1) is 13.7. The average molecular weight is 427 g/mol. The first-order valence-electron chi connectivity index (χ1n) is 9.20. The maximum atomic E-state index is 13.8. The maximum Gasteiger partial charge on any atom is 0.270 e. The minimum atomic E-state index is -1.57. The predicted molar refractivity (Wildman–Crippen MR) is 103 cm³/mol. The molecule has 156 valence electrons. The number of H-pyrrole nitrogens is 1. The molecule has 6 nitrogen and oxygen atoms in total. The fourth-order valence-electron chi connectivity index (χ4n) is 3.93. The number of aromatic amines is 1. The Labute approximate surface area is 168 Å². The van der Waals surface area contributed by atoms with Gasteiger partial charge < -0.3 is 10.1 Å². The normalized spacial score (nSPS) is 24.0. The van der Waals surface area contributed by atoms with Crippen LogP contribution in [-0.2, 0) is 9.53 Å². The third-order valence-corrected chi connectivity index (χ3v) is 6.48. The first kappa shape index (κ1) is 20.1. The molecule has 2 aliphatic rings. The number of carbonyl (C=O) groups excluding carboxylic acids is 1. The van der Waals surface area contributed by atoms with Crippen molar-refractivity contribution in [2.24, 2.45) is 0 Å². The molecule has 1 aromatic carbocycles. The number of hydrogen-bond donors (Lipinski definition) is 2. The van der Waals surface area contributed by atoms with E-state index in [1.165, 1.54) is 0 Å². The Morgan fingerprint density at radius 1 is 1.21 bits per heavy atom. The van der Waals surface area contributed by atoms with Gasteiger partial charge in [-0.05, 0) is 44.4 Å². The summed E-state index contributed by atoms with van der Waals surface area (Å²) in [6.07, 6.45) is 1.24. The van der Waals surface area contributed by atoms with Crippen LogP contribution < -0.4 is 10.9 Å². The van der Waals surface area contributed by atoms with Gasteiger partial charge in [-0.25, -0.2) is 13.2 Å². The van der Waals surface area contributed by atoms with Gasteiger partial charge in [0.15, 0.2) is 17.5 Å². The number of hydrogen-bond acceptors (Lipinski definition) is 4. The van der Waals surface area contributed by atoms with E-state index in [0.29, 0.717) is 19.4 Å². The number of aromatic nitrogens is 2. The highest BCUT2D eigenvalue weighted by molar-refractivity contribution is 8.00. The highest BCUT2D eigenvalue weighted by Crippen LogP contribution is 2.42. The summed E-state index contributed by atoms with van der Waals surface area (Å²) in [6, 6.07) is 1.61. The van der Waals surface area contributed by atoms with Gasteiger partial charge in [0, 0.05) is 6.61 Å². The van der Waals surface area contributed by atoms with E-state index < -0.39 is 33.9 Å². The molecule has 3 heterocycles. The number of thioether (sulfide) groups is 1. The van der Waals surface area contributed by atoms with Gasteiger partial charge in [-0.2, -0.15) is 0 Å². The smallest absolute Gasteiger partial charge is 0.270 e. The zero-order valence-electron chi connectivity index (χ0n) is 15.9. The molecule has 0 unspecified atom stereocenters. The number of benzene rings is 1. The Hall–Kier alpha value is -2.20. The van der Waals surface area contributed by atoms with Gasteiger partial charge >= 0.3 is 0 Å². The lowest BCUT2D eigenvalue weighted by atomic mass is 9.94. The van der Waals surface area contributed by atoms with Gasteiger partial charge in [0.05, 0.1) is 28.2 Å². The molecular formula is C19H20F3N3O3S. The summed E-state index contributed by atoms with van der Waals surface area (Å²) in [5.41, 5.74) is -0.590. The van der Waals surface area contributed by atoms with Crippen LogP contribution in [0.3, 0.4) is 0 Å². The standard InChI is InChI=1S/C19H20F3N3O3S/c1-19(2)7-10(3-4-28-19)25-17-14(18(27)24-25)16(29-8-13(26)23-17)9-5-11(20)15(22)12(21)6-9/h5-6,10,16H,3-4,7-8H2,1-2H3,(H,23,26)(H,24,27)/t10-,16-/m0/s1. The molecule has 4 rings (SSSR count). The minimum absolute atomic E-state index is 0.0152. The molecule has 0 saturated carbocycles. The number of anilines is 1. The molecule has 2 N–H and O–H groups in total. The van der Waals surface area contributed by atoms with Gasteiger partial charge in [-0.3, -0.25) is 19.4 Å². The molecule has 2 aromatic rings. The number of ether oxygens (including phenoxy) is 1. The number of fused-ring (bicyclic) bond motifs is 1. The molecule has 0 spiro atoms. The molecular weight excluding hydrogens is 407 g/mol. The molecule has 1 fully saturated rings. The second-order valence-corrected chi connectivity index (χ2v) is 8.96. The Kier molecular flexibility index (Phi) is 5.02. The monoisotopic (exact) mass is 427 g/mol. The summed E-state index contributed by atoms with van der Waals surface area (Å²) < 4.78 is 48.4. The van der Waals surface area contributed by atoms with Gasteiger partial charge in [0.2, 0.25) is 5.91 Å². The second-order valence-electron chi connectivity index (χ2n) is 7.87. The number of nitrogens with one attached hydrogen (secondary N) is 2. The van der Waals surface area contributed by atoms with Crippen LogP contribution in [0.4, 0.5) is 19.0 Å². The number of nitrogens with zero attached hydrogens (tertiary/aromatic N) is 1. The van der Waals surface area contributed by atoms with Crippen molar-refractivity contribution in [2.75, 3.05) is 17.7 Å². The topological polar surface area (TPSA) is 76.1 Å². The molecule has 29 heavy (non-hydrogen) atoms. The van der Waals surface area contributed by atoms with Crippen LogP contribution in [0.25, 0.3) is 0 Å². The number of rotatable bonds is 2. The third-order valence-electron chi connectivity index (χ3n) is 5.21. The van der Waals surface area contributed by atoms with Crippen LogP contribution in [-0.4, -0.2) is 33.6 Å². The highest BCUT2D eigenvalue weighted by Gasteiger charge is 2.36. The summed E-state index contributed by atoms with van der Waals surface area (Å²) in [5, 5.41) is 4.69. The van der Waals surface area contributed by atoms with Gasteiger partial charge in [-0.1, -0.05) is 0 Å². The Bertz CT molecular complexity index is 1010. The van der Waals surface area contributed by atoms with Crippen molar-refractivity contribution in [3.05, 3.63) is 51.1 Å². The quantitative estimate of drug-likeness (QED) is 0.720. The molecule has 1 saturated heterocycles. The van der Waals surface area contributed by atoms with Crippen molar-refractivity contribution in [3.8, 4) is 0 Å². The summed E-state index contributed by atoms with van der Waals surface area (Å²) in [6.45, 7) is 4.38. The van der Waals surface area contributed by atoms with Crippen LogP contribution in [0, 0.1) is 17.5 Å². The second kappa shape index (κ2) is 7.24. The van der Waals surface area contributed by atoms with Crippen LogP contribution >= 0.6 is 11.8 Å². The van der Waals surface area contributed by atoms with Crippen molar-refractivity contribution in [1.82, 2.24) is 9.78 Å². The van der Waals surface area contributed by atoms with Crippen molar-refractivity contribution in [2.45, 2.75) is 43.6 Å². The molecule has 0 radical (unpaired) electrons. The molecule has 2 atom stereocenters. The van der Waals surface area contributed by atoms with Crippen molar-refractivity contribution < 1.29 is 22.7 Å². The largest absolute Gasteiger partial charge is 0.375 e. The minimum Gasteiger partial charge on any atom is -0.375 e. The zero-order valence-corrected chi connectivity index (χ0v) is 16.7. The summed E-state index contributed by atoms with van der Waals surface area (Å²) >= 11 is 1.06. The fourth-order valence-corrected chi connectivity index (χ4v) is 5.03. The molecule has 0 bridgehead atoms. The molecule has 10 heteroatoms. The Balaban J connectivity index is 1.83. The molecule has 1 aromatic heterocycles. The van der Waals surface area contributed by atoms with Crippen molar-refractivity contribution >= 4 is 23.5 Å². The number of carbonyl (C=O) groups is 1. The average Bonchev–Trinajstić information content (AvgIpc) is 2.84. The van der Waals surface area contributed by atoms with E-state index in [1.54, 1.807) is 4.68 Å². The predicted octanol–water partition coefficient (Wildman–Crippen LogP) is 3.50. The number of amides is 1. The van der Waals surface area contributed by atoms with E-state index in [-0.39, 0.29) is 34.6 Å².